The lowest BCUT2D eigenvalue weighted by atomic mass is 10.2. The van der Waals surface area contributed by atoms with Crippen molar-refractivity contribution in [2.45, 2.75) is 11.8 Å². The Bertz CT molecular complexity index is 403. The van der Waals surface area contributed by atoms with Gasteiger partial charge in [-0.15, -0.1) is 0 Å². The molecule has 1 aliphatic heterocycles. The van der Waals surface area contributed by atoms with Crippen molar-refractivity contribution in [3.8, 4) is 0 Å². The topological polar surface area (TPSA) is 29.4 Å². The van der Waals surface area contributed by atoms with Gasteiger partial charge < -0.3 is 0 Å². The summed E-state index contributed by atoms with van der Waals surface area (Å²) < 4.78 is 3.97. The van der Waals surface area contributed by atoms with E-state index in [1.807, 2.05) is 36.6 Å². The van der Waals surface area contributed by atoms with E-state index in [0.29, 0.717) is 0 Å². The zero-order valence-electron chi connectivity index (χ0n) is 7.23. The lowest BCUT2D eigenvalue weighted by molar-refractivity contribution is -0.113. The molecule has 1 aliphatic rings. The Morgan fingerprint density at radius 2 is 1.92 bits per heavy atom. The lowest BCUT2D eigenvalue weighted by Gasteiger charge is -1.98. The van der Waals surface area contributed by atoms with Crippen molar-refractivity contribution < 1.29 is 4.79 Å². The Morgan fingerprint density at radius 3 is 2.46 bits per heavy atom. The molecule has 0 bridgehead atoms. The Labute approximate surface area is 79.4 Å². The maximum atomic E-state index is 10.8. The third-order valence-electron chi connectivity index (χ3n) is 1.79. The van der Waals surface area contributed by atoms with E-state index in [9.17, 15) is 4.79 Å². The Balaban J connectivity index is 2.37. The number of aryl methyl sites for hydroxylation is 1. The maximum Gasteiger partial charge on any atom is 0.276 e. The highest BCUT2D eigenvalue weighted by molar-refractivity contribution is 7.91. The van der Waals surface area contributed by atoms with Crippen LogP contribution in [0, 0.1) is 6.92 Å². The van der Waals surface area contributed by atoms with E-state index >= 15 is 0 Å². The molecular weight excluding hydrogens is 182 g/mol. The number of benzene rings is 1. The highest BCUT2D eigenvalue weighted by atomic mass is 32.2. The normalized spacial score (nSPS) is 20.4. The van der Waals surface area contributed by atoms with Crippen LogP contribution >= 0.6 is 0 Å². The fourth-order valence-electron chi connectivity index (χ4n) is 1.09. The number of nitrogens with zero attached hydrogens (tertiary/aromatic N) is 1. The molecule has 0 unspecified atom stereocenters. The second kappa shape index (κ2) is 3.26. The van der Waals surface area contributed by atoms with Gasteiger partial charge in [0.2, 0.25) is 0 Å². The van der Waals surface area contributed by atoms with Crippen molar-refractivity contribution in [2.24, 2.45) is 4.36 Å². The monoisotopic (exact) mass is 191 g/mol. The fourth-order valence-corrected chi connectivity index (χ4v) is 2.33. The van der Waals surface area contributed by atoms with Gasteiger partial charge in [0.05, 0.1) is 0 Å². The molecule has 1 amide bonds. The lowest BCUT2D eigenvalue weighted by Crippen LogP contribution is -1.85. The molecule has 0 fully saturated rings. The number of amides is 1. The van der Waals surface area contributed by atoms with Crippen molar-refractivity contribution in [2.75, 3.05) is 0 Å². The van der Waals surface area contributed by atoms with Crippen LogP contribution < -0.4 is 0 Å². The number of carbonyl (C=O) groups is 1. The van der Waals surface area contributed by atoms with Crippen molar-refractivity contribution in [3.05, 3.63) is 41.3 Å². The van der Waals surface area contributed by atoms with Gasteiger partial charge in [0, 0.05) is 11.0 Å². The molecule has 66 valence electrons. The van der Waals surface area contributed by atoms with Crippen LogP contribution in [0.4, 0.5) is 0 Å². The first-order valence-corrected chi connectivity index (χ1v) is 5.24. The predicted molar refractivity (Wildman–Crippen MR) is 53.4 cm³/mol. The summed E-state index contributed by atoms with van der Waals surface area (Å²) in [4.78, 5) is 12.0. The van der Waals surface area contributed by atoms with E-state index in [0.717, 1.165) is 4.90 Å². The molecular formula is C10H9NOS. The summed E-state index contributed by atoms with van der Waals surface area (Å²) in [5.41, 5.74) is 1.22. The highest BCUT2D eigenvalue weighted by Gasteiger charge is 2.06. The first-order chi connectivity index (χ1) is 6.25. The Morgan fingerprint density at radius 1 is 1.23 bits per heavy atom. The van der Waals surface area contributed by atoms with E-state index < -0.39 is 0 Å². The summed E-state index contributed by atoms with van der Waals surface area (Å²) in [5, 5.41) is 1.85. The third kappa shape index (κ3) is 1.75. The molecule has 0 saturated carbocycles. The zero-order valence-corrected chi connectivity index (χ0v) is 8.04. The molecule has 1 aromatic rings. The molecule has 0 radical (unpaired) electrons. The molecule has 2 rings (SSSR count). The molecule has 0 saturated heterocycles. The maximum absolute atomic E-state index is 10.8. The van der Waals surface area contributed by atoms with Gasteiger partial charge >= 0.3 is 0 Å². The summed E-state index contributed by atoms with van der Waals surface area (Å²) in [6.07, 6.45) is 1.53. The van der Waals surface area contributed by atoms with Crippen molar-refractivity contribution >= 4 is 16.6 Å². The summed E-state index contributed by atoms with van der Waals surface area (Å²) in [7, 11) is -0.334. The van der Waals surface area contributed by atoms with Crippen LogP contribution in [0.25, 0.3) is 0 Å². The second-order valence-electron chi connectivity index (χ2n) is 2.86. The third-order valence-corrected chi connectivity index (χ3v) is 3.32. The van der Waals surface area contributed by atoms with Crippen LogP contribution in [0.15, 0.2) is 45.0 Å². The van der Waals surface area contributed by atoms with E-state index in [2.05, 4.69) is 4.36 Å². The average molecular weight is 191 g/mol. The average Bonchev–Trinajstić information content (AvgIpc) is 2.53. The summed E-state index contributed by atoms with van der Waals surface area (Å²) in [5.74, 6) is -0.121. The van der Waals surface area contributed by atoms with Crippen molar-refractivity contribution in [3.63, 3.8) is 0 Å². The highest BCUT2D eigenvalue weighted by Crippen LogP contribution is 2.15. The van der Waals surface area contributed by atoms with Gasteiger partial charge in [-0.1, -0.05) is 17.7 Å². The van der Waals surface area contributed by atoms with Crippen LogP contribution in [-0.4, -0.2) is 5.91 Å². The molecule has 0 aromatic heterocycles. The SMILES string of the molecule is Cc1ccc([S@@]2=NC(=O)C=C2)cc1. The number of hydrogen-bond donors (Lipinski definition) is 0. The summed E-state index contributed by atoms with van der Waals surface area (Å²) >= 11 is 0. The molecule has 1 heterocycles. The minimum Gasteiger partial charge on any atom is -0.267 e. The van der Waals surface area contributed by atoms with Gasteiger partial charge in [-0.05, 0) is 35.2 Å². The van der Waals surface area contributed by atoms with Gasteiger partial charge in [-0.2, -0.15) is 4.36 Å². The minimum atomic E-state index is -0.334. The largest absolute Gasteiger partial charge is 0.276 e. The molecule has 0 spiro atoms. The number of hydrogen-bond acceptors (Lipinski definition) is 1. The van der Waals surface area contributed by atoms with Crippen molar-refractivity contribution in [1.82, 2.24) is 0 Å². The van der Waals surface area contributed by atoms with E-state index in [-0.39, 0.29) is 16.6 Å². The van der Waals surface area contributed by atoms with E-state index in [4.69, 9.17) is 0 Å². The quantitative estimate of drug-likeness (QED) is 0.669. The summed E-state index contributed by atoms with van der Waals surface area (Å²) in [6, 6.07) is 8.11. The van der Waals surface area contributed by atoms with Gasteiger partial charge in [0.15, 0.2) is 0 Å². The van der Waals surface area contributed by atoms with Gasteiger partial charge in [0.1, 0.15) is 0 Å². The predicted octanol–water partition coefficient (Wildman–Crippen LogP) is 2.21. The zero-order chi connectivity index (χ0) is 9.26. The first-order valence-electron chi connectivity index (χ1n) is 3.99. The smallest absolute Gasteiger partial charge is 0.267 e. The first kappa shape index (κ1) is 8.38. The molecule has 2 nitrogen and oxygen atoms in total. The minimum absolute atomic E-state index is 0.121. The van der Waals surface area contributed by atoms with Crippen molar-refractivity contribution in [1.29, 1.82) is 0 Å². The van der Waals surface area contributed by atoms with Crippen LogP contribution in [0.5, 0.6) is 0 Å². The van der Waals surface area contributed by atoms with Gasteiger partial charge in [0.25, 0.3) is 5.91 Å². The fraction of sp³-hybridized carbons (Fsp3) is 0.100. The second-order valence-corrected chi connectivity index (χ2v) is 4.42. The molecule has 1 atom stereocenters. The van der Waals surface area contributed by atoms with Crippen LogP contribution in [0.2, 0.25) is 0 Å². The Hall–Kier alpha value is -1.22. The van der Waals surface area contributed by atoms with Gasteiger partial charge in [-0.3, -0.25) is 4.79 Å². The molecule has 1 aromatic carbocycles. The van der Waals surface area contributed by atoms with Crippen LogP contribution in [0.1, 0.15) is 5.56 Å². The molecule has 3 heteroatoms. The van der Waals surface area contributed by atoms with Gasteiger partial charge in [-0.25, -0.2) is 0 Å². The molecule has 0 N–H and O–H groups in total. The van der Waals surface area contributed by atoms with Crippen LogP contribution in [0.3, 0.4) is 0 Å². The van der Waals surface area contributed by atoms with Crippen LogP contribution in [-0.2, 0) is 15.5 Å². The standard InChI is InChI=1S/C10H9NOS/c1-8-2-4-9(5-3-8)13-7-6-10(12)11-13/h2-7H,1H3/t13-/m1/s1. The van der Waals surface area contributed by atoms with E-state index in [1.165, 1.54) is 11.6 Å². The van der Waals surface area contributed by atoms with E-state index in [1.54, 1.807) is 0 Å². The summed E-state index contributed by atoms with van der Waals surface area (Å²) in [6.45, 7) is 2.04. The molecule has 0 aliphatic carbocycles. The number of rotatable bonds is 1. The Kier molecular flexibility index (Phi) is 2.10. The number of carbonyl (C=O) groups excluding carboxylic acids is 1. The molecule has 13 heavy (non-hydrogen) atoms.